The van der Waals surface area contributed by atoms with E-state index >= 15 is 0 Å². The number of para-hydroxylation sites is 2. The molecule has 0 radical (unpaired) electrons. The molecule has 0 bridgehead atoms. The number of hydrogen-bond donors (Lipinski definition) is 2. The Morgan fingerprint density at radius 1 is 1.24 bits per heavy atom. The Hall–Kier alpha value is -2.54. The first kappa shape index (κ1) is 17.3. The highest BCUT2D eigenvalue weighted by Crippen LogP contribution is 2.24. The number of aromatic nitrogens is 2. The third-order valence-corrected chi connectivity index (χ3v) is 4.53. The van der Waals surface area contributed by atoms with Crippen molar-refractivity contribution < 1.29 is 9.53 Å². The van der Waals surface area contributed by atoms with Crippen LogP contribution in [0.3, 0.4) is 0 Å². The fourth-order valence-corrected chi connectivity index (χ4v) is 3.28. The Morgan fingerprint density at radius 3 is 2.60 bits per heavy atom. The van der Waals surface area contributed by atoms with Crippen LogP contribution in [0.1, 0.15) is 11.4 Å². The molecule has 7 heteroatoms. The van der Waals surface area contributed by atoms with Gasteiger partial charge in [-0.1, -0.05) is 12.1 Å². The Morgan fingerprint density at radius 2 is 1.96 bits per heavy atom. The number of aromatic amines is 1. The first-order chi connectivity index (χ1) is 12.1. The molecular weight excluding hydrogens is 318 g/mol. The number of aryl methyl sites for hydroxylation is 2. The van der Waals surface area contributed by atoms with Crippen LogP contribution in [0, 0.1) is 13.8 Å². The van der Waals surface area contributed by atoms with Crippen molar-refractivity contribution in [1.29, 1.82) is 0 Å². The van der Waals surface area contributed by atoms with Gasteiger partial charge in [0.1, 0.15) is 5.75 Å². The van der Waals surface area contributed by atoms with E-state index in [-0.39, 0.29) is 5.91 Å². The minimum atomic E-state index is -0.0198. The molecule has 0 atom stereocenters. The molecule has 1 aliphatic heterocycles. The Bertz CT molecular complexity index is 715. The van der Waals surface area contributed by atoms with Crippen LogP contribution in [-0.4, -0.2) is 60.8 Å². The second-order valence-corrected chi connectivity index (χ2v) is 6.29. The minimum Gasteiger partial charge on any atom is -0.495 e. The topological polar surface area (TPSA) is 73.5 Å². The molecule has 1 aliphatic rings. The monoisotopic (exact) mass is 343 g/mol. The van der Waals surface area contributed by atoms with E-state index in [0.29, 0.717) is 18.0 Å². The summed E-state index contributed by atoms with van der Waals surface area (Å²) in [6, 6.07) is 7.45. The molecule has 2 aromatic rings. The summed E-state index contributed by atoms with van der Waals surface area (Å²) in [7, 11) is 1.60. The van der Waals surface area contributed by atoms with E-state index in [1.54, 1.807) is 7.11 Å². The van der Waals surface area contributed by atoms with Crippen LogP contribution in [-0.2, 0) is 4.79 Å². The third-order valence-electron chi connectivity index (χ3n) is 4.53. The van der Waals surface area contributed by atoms with Gasteiger partial charge in [-0.25, -0.2) is 0 Å². The number of nitrogens with zero attached hydrogens (tertiary/aromatic N) is 3. The number of nitrogens with one attached hydrogen (secondary N) is 2. The van der Waals surface area contributed by atoms with E-state index in [1.807, 2.05) is 38.1 Å². The highest BCUT2D eigenvalue weighted by molar-refractivity contribution is 5.93. The number of amides is 1. The Labute approximate surface area is 148 Å². The lowest BCUT2D eigenvalue weighted by Crippen LogP contribution is -2.49. The van der Waals surface area contributed by atoms with Gasteiger partial charge in [0.2, 0.25) is 5.91 Å². The van der Waals surface area contributed by atoms with Crippen LogP contribution >= 0.6 is 0 Å². The van der Waals surface area contributed by atoms with Gasteiger partial charge in [-0.3, -0.25) is 14.8 Å². The van der Waals surface area contributed by atoms with Gasteiger partial charge in [0.15, 0.2) is 0 Å². The van der Waals surface area contributed by atoms with Gasteiger partial charge in [-0.2, -0.15) is 5.10 Å². The molecule has 0 unspecified atom stereocenters. The van der Waals surface area contributed by atoms with Gasteiger partial charge in [0.05, 0.1) is 36.4 Å². The molecule has 1 fully saturated rings. The maximum Gasteiger partial charge on any atom is 0.238 e. The van der Waals surface area contributed by atoms with E-state index in [4.69, 9.17) is 4.74 Å². The maximum atomic E-state index is 12.3. The van der Waals surface area contributed by atoms with Crippen molar-refractivity contribution >= 4 is 17.3 Å². The highest BCUT2D eigenvalue weighted by Gasteiger charge is 2.22. The van der Waals surface area contributed by atoms with Crippen molar-refractivity contribution in [1.82, 2.24) is 15.1 Å². The predicted molar refractivity (Wildman–Crippen MR) is 98.3 cm³/mol. The first-order valence-electron chi connectivity index (χ1n) is 8.50. The highest BCUT2D eigenvalue weighted by atomic mass is 16.5. The van der Waals surface area contributed by atoms with Gasteiger partial charge >= 0.3 is 0 Å². The van der Waals surface area contributed by atoms with Crippen molar-refractivity contribution in [2.45, 2.75) is 13.8 Å². The Balaban J connectivity index is 1.53. The molecule has 25 heavy (non-hydrogen) atoms. The molecule has 2 heterocycles. The SMILES string of the molecule is COc1ccccc1NC(=O)CN1CCN(c2c(C)n[nH]c2C)CC1. The minimum absolute atomic E-state index is 0.0198. The second-order valence-electron chi connectivity index (χ2n) is 6.29. The molecule has 3 rings (SSSR count). The maximum absolute atomic E-state index is 12.3. The summed E-state index contributed by atoms with van der Waals surface area (Å²) < 4.78 is 5.27. The predicted octanol–water partition coefficient (Wildman–Crippen LogP) is 1.80. The van der Waals surface area contributed by atoms with Crippen LogP contribution in [0.15, 0.2) is 24.3 Å². The molecule has 0 spiro atoms. The second kappa shape index (κ2) is 7.57. The number of methoxy groups -OCH3 is 1. The van der Waals surface area contributed by atoms with E-state index in [9.17, 15) is 4.79 Å². The largest absolute Gasteiger partial charge is 0.495 e. The smallest absolute Gasteiger partial charge is 0.238 e. The lowest BCUT2D eigenvalue weighted by atomic mass is 10.2. The molecule has 7 nitrogen and oxygen atoms in total. The van der Waals surface area contributed by atoms with Gasteiger partial charge in [0, 0.05) is 26.2 Å². The lowest BCUT2D eigenvalue weighted by molar-refractivity contribution is -0.117. The summed E-state index contributed by atoms with van der Waals surface area (Å²) in [5.41, 5.74) is 4.02. The average molecular weight is 343 g/mol. The molecule has 0 aliphatic carbocycles. The molecule has 2 N–H and O–H groups in total. The fourth-order valence-electron chi connectivity index (χ4n) is 3.28. The number of benzene rings is 1. The van der Waals surface area contributed by atoms with E-state index in [1.165, 1.54) is 5.69 Å². The number of carbonyl (C=O) groups is 1. The molecule has 1 aromatic heterocycles. The van der Waals surface area contributed by atoms with Crippen LogP contribution in [0.25, 0.3) is 0 Å². The van der Waals surface area contributed by atoms with Gasteiger partial charge in [-0.05, 0) is 26.0 Å². The molecule has 1 aromatic carbocycles. The summed E-state index contributed by atoms with van der Waals surface area (Å²) in [5.74, 6) is 0.653. The van der Waals surface area contributed by atoms with E-state index in [2.05, 4.69) is 25.3 Å². The fraction of sp³-hybridized carbons (Fsp3) is 0.444. The first-order valence-corrected chi connectivity index (χ1v) is 8.50. The standard InChI is InChI=1S/C18H25N5O2/c1-13-18(14(2)21-20-13)23-10-8-22(9-11-23)12-17(24)19-15-6-4-5-7-16(15)25-3/h4-7H,8-12H2,1-3H3,(H,19,24)(H,20,21). The molecular formula is C18H25N5O2. The van der Waals surface area contributed by atoms with Gasteiger partial charge < -0.3 is 15.0 Å². The van der Waals surface area contributed by atoms with Crippen LogP contribution in [0.4, 0.5) is 11.4 Å². The van der Waals surface area contributed by atoms with Gasteiger partial charge in [-0.15, -0.1) is 0 Å². The molecule has 1 amide bonds. The van der Waals surface area contributed by atoms with Crippen LogP contribution in [0.2, 0.25) is 0 Å². The summed E-state index contributed by atoms with van der Waals surface area (Å²) in [5, 5.41) is 10.2. The lowest BCUT2D eigenvalue weighted by Gasteiger charge is -2.35. The third kappa shape index (κ3) is 3.93. The van der Waals surface area contributed by atoms with Crippen molar-refractivity contribution in [3.8, 4) is 5.75 Å². The number of hydrogen-bond acceptors (Lipinski definition) is 5. The summed E-state index contributed by atoms with van der Waals surface area (Å²) in [4.78, 5) is 16.8. The number of anilines is 2. The average Bonchev–Trinajstić information content (AvgIpc) is 2.95. The molecule has 1 saturated heterocycles. The molecule has 0 saturated carbocycles. The number of piperazine rings is 1. The zero-order valence-electron chi connectivity index (χ0n) is 15.0. The zero-order chi connectivity index (χ0) is 17.8. The Kier molecular flexibility index (Phi) is 5.23. The van der Waals surface area contributed by atoms with Crippen molar-refractivity contribution in [2.24, 2.45) is 0 Å². The molecule has 134 valence electrons. The summed E-state index contributed by atoms with van der Waals surface area (Å²) in [6.45, 7) is 7.93. The number of carbonyl (C=O) groups excluding carboxylic acids is 1. The van der Waals surface area contributed by atoms with Crippen molar-refractivity contribution in [3.63, 3.8) is 0 Å². The van der Waals surface area contributed by atoms with Gasteiger partial charge in [0.25, 0.3) is 0 Å². The zero-order valence-corrected chi connectivity index (χ0v) is 15.0. The van der Waals surface area contributed by atoms with E-state index < -0.39 is 0 Å². The number of ether oxygens (including phenoxy) is 1. The number of H-pyrrole nitrogens is 1. The van der Waals surface area contributed by atoms with Crippen LogP contribution in [0.5, 0.6) is 5.75 Å². The quantitative estimate of drug-likeness (QED) is 0.866. The summed E-state index contributed by atoms with van der Waals surface area (Å²) in [6.07, 6.45) is 0. The van der Waals surface area contributed by atoms with Crippen molar-refractivity contribution in [3.05, 3.63) is 35.7 Å². The van der Waals surface area contributed by atoms with Crippen molar-refractivity contribution in [2.75, 3.05) is 50.1 Å². The van der Waals surface area contributed by atoms with Crippen LogP contribution < -0.4 is 15.0 Å². The normalized spacial score (nSPS) is 15.2. The number of rotatable bonds is 5. The van der Waals surface area contributed by atoms with E-state index in [0.717, 1.165) is 37.6 Å². The summed E-state index contributed by atoms with van der Waals surface area (Å²) >= 11 is 0.